The lowest BCUT2D eigenvalue weighted by Gasteiger charge is -2.07. The minimum atomic E-state index is 0.144. The quantitative estimate of drug-likeness (QED) is 0.637. The van der Waals surface area contributed by atoms with E-state index in [4.69, 9.17) is 5.73 Å². The average molecular weight is 279 g/mol. The number of nitrogens with zero attached hydrogens (tertiary/aromatic N) is 3. The van der Waals surface area contributed by atoms with Crippen LogP contribution in [-0.2, 0) is 0 Å². The zero-order valence-electron chi connectivity index (χ0n) is 11.1. The van der Waals surface area contributed by atoms with Gasteiger partial charge in [-0.3, -0.25) is 0 Å². The first-order valence-corrected chi connectivity index (χ1v) is 6.34. The molecule has 104 valence electrons. The molecule has 3 rings (SSSR count). The summed E-state index contributed by atoms with van der Waals surface area (Å²) in [7, 11) is 0. The molecule has 3 aromatic rings. The van der Waals surface area contributed by atoms with E-state index in [0.717, 1.165) is 11.3 Å². The molecule has 0 unspecified atom stereocenters. The minimum Gasteiger partial charge on any atom is -0.508 e. The number of aromatic nitrogens is 3. The largest absolute Gasteiger partial charge is 0.508 e. The molecule has 0 atom stereocenters. The SMILES string of the molecule is Nc1nc(Nc2ccc(O)cc2)nc(-c2ccccc2)n1. The molecule has 1 heterocycles. The molecule has 2 aromatic carbocycles. The van der Waals surface area contributed by atoms with Crippen LogP contribution in [0.25, 0.3) is 11.4 Å². The van der Waals surface area contributed by atoms with Crippen molar-refractivity contribution in [1.29, 1.82) is 0 Å². The summed E-state index contributed by atoms with van der Waals surface area (Å²) >= 11 is 0. The maximum absolute atomic E-state index is 9.27. The number of phenolic OH excluding ortho intramolecular Hbond substituents is 1. The van der Waals surface area contributed by atoms with Crippen LogP contribution in [0.2, 0.25) is 0 Å². The second-order valence-corrected chi connectivity index (χ2v) is 4.38. The second-order valence-electron chi connectivity index (χ2n) is 4.38. The van der Waals surface area contributed by atoms with E-state index < -0.39 is 0 Å². The lowest BCUT2D eigenvalue weighted by Crippen LogP contribution is -2.04. The smallest absolute Gasteiger partial charge is 0.232 e. The Morgan fingerprint density at radius 2 is 1.57 bits per heavy atom. The van der Waals surface area contributed by atoms with Crippen molar-refractivity contribution >= 4 is 17.6 Å². The van der Waals surface area contributed by atoms with Gasteiger partial charge in [0.05, 0.1) is 0 Å². The number of anilines is 3. The van der Waals surface area contributed by atoms with Crippen molar-refractivity contribution in [3.8, 4) is 17.1 Å². The van der Waals surface area contributed by atoms with Crippen molar-refractivity contribution in [2.75, 3.05) is 11.1 Å². The summed E-state index contributed by atoms with van der Waals surface area (Å²) in [6, 6.07) is 16.1. The maximum atomic E-state index is 9.27. The summed E-state index contributed by atoms with van der Waals surface area (Å²) in [5.74, 6) is 1.20. The third-order valence-electron chi connectivity index (χ3n) is 2.81. The number of rotatable bonds is 3. The van der Waals surface area contributed by atoms with Crippen LogP contribution in [0.5, 0.6) is 5.75 Å². The second kappa shape index (κ2) is 5.46. The molecule has 0 spiro atoms. The first-order chi connectivity index (χ1) is 10.2. The van der Waals surface area contributed by atoms with Gasteiger partial charge in [0.15, 0.2) is 5.82 Å². The number of nitrogen functional groups attached to an aromatic ring is 1. The van der Waals surface area contributed by atoms with E-state index >= 15 is 0 Å². The average Bonchev–Trinajstić information content (AvgIpc) is 2.50. The fourth-order valence-electron chi connectivity index (χ4n) is 1.84. The molecule has 0 radical (unpaired) electrons. The zero-order chi connectivity index (χ0) is 14.7. The Balaban J connectivity index is 1.93. The summed E-state index contributed by atoms with van der Waals surface area (Å²) in [6.07, 6.45) is 0. The Labute approximate surface area is 121 Å². The summed E-state index contributed by atoms with van der Waals surface area (Å²) < 4.78 is 0. The van der Waals surface area contributed by atoms with Crippen LogP contribution in [0.1, 0.15) is 0 Å². The number of benzene rings is 2. The summed E-state index contributed by atoms with van der Waals surface area (Å²) in [6.45, 7) is 0. The van der Waals surface area contributed by atoms with Gasteiger partial charge in [-0.2, -0.15) is 15.0 Å². The third kappa shape index (κ3) is 3.06. The van der Waals surface area contributed by atoms with E-state index in [-0.39, 0.29) is 11.7 Å². The highest BCUT2D eigenvalue weighted by Gasteiger charge is 2.06. The highest BCUT2D eigenvalue weighted by molar-refractivity contribution is 5.60. The molecule has 0 aliphatic heterocycles. The molecule has 6 nitrogen and oxygen atoms in total. The highest BCUT2D eigenvalue weighted by Crippen LogP contribution is 2.20. The zero-order valence-corrected chi connectivity index (χ0v) is 11.1. The fraction of sp³-hybridized carbons (Fsp3) is 0. The van der Waals surface area contributed by atoms with Crippen molar-refractivity contribution in [1.82, 2.24) is 15.0 Å². The molecule has 0 aliphatic rings. The van der Waals surface area contributed by atoms with Gasteiger partial charge in [-0.05, 0) is 24.3 Å². The molecule has 21 heavy (non-hydrogen) atoms. The van der Waals surface area contributed by atoms with Gasteiger partial charge in [-0.25, -0.2) is 0 Å². The van der Waals surface area contributed by atoms with E-state index in [1.165, 1.54) is 0 Å². The molecule has 6 heteroatoms. The van der Waals surface area contributed by atoms with E-state index in [2.05, 4.69) is 20.3 Å². The molecule has 4 N–H and O–H groups in total. The van der Waals surface area contributed by atoms with Crippen LogP contribution >= 0.6 is 0 Å². The van der Waals surface area contributed by atoms with Crippen molar-refractivity contribution in [3.05, 3.63) is 54.6 Å². The first-order valence-electron chi connectivity index (χ1n) is 6.34. The number of nitrogens with two attached hydrogens (primary N) is 1. The summed E-state index contributed by atoms with van der Waals surface area (Å²) in [5, 5.41) is 12.3. The van der Waals surface area contributed by atoms with Gasteiger partial charge < -0.3 is 16.2 Å². The van der Waals surface area contributed by atoms with Gasteiger partial charge >= 0.3 is 0 Å². The van der Waals surface area contributed by atoms with E-state index in [1.54, 1.807) is 24.3 Å². The minimum absolute atomic E-state index is 0.144. The number of phenols is 1. The lowest BCUT2D eigenvalue weighted by atomic mass is 10.2. The van der Waals surface area contributed by atoms with Gasteiger partial charge in [-0.1, -0.05) is 30.3 Å². The van der Waals surface area contributed by atoms with Crippen molar-refractivity contribution in [3.63, 3.8) is 0 Å². The molecule has 0 aliphatic carbocycles. The molecule has 0 bridgehead atoms. The van der Waals surface area contributed by atoms with Crippen molar-refractivity contribution in [2.24, 2.45) is 0 Å². The van der Waals surface area contributed by atoms with E-state index in [1.807, 2.05) is 30.3 Å². The lowest BCUT2D eigenvalue weighted by molar-refractivity contribution is 0.475. The summed E-state index contributed by atoms with van der Waals surface area (Å²) in [5.41, 5.74) is 7.34. The highest BCUT2D eigenvalue weighted by atomic mass is 16.3. The van der Waals surface area contributed by atoms with Crippen molar-refractivity contribution in [2.45, 2.75) is 0 Å². The monoisotopic (exact) mass is 279 g/mol. The molecule has 0 saturated carbocycles. The van der Waals surface area contributed by atoms with Gasteiger partial charge in [0.25, 0.3) is 0 Å². The summed E-state index contributed by atoms with van der Waals surface area (Å²) in [4.78, 5) is 12.5. The Kier molecular flexibility index (Phi) is 3.34. The van der Waals surface area contributed by atoms with Crippen LogP contribution in [0.15, 0.2) is 54.6 Å². The van der Waals surface area contributed by atoms with Gasteiger partial charge in [0, 0.05) is 11.3 Å². The topological polar surface area (TPSA) is 97.0 Å². The number of nitrogens with one attached hydrogen (secondary N) is 1. The van der Waals surface area contributed by atoms with Gasteiger partial charge in [0.2, 0.25) is 11.9 Å². The van der Waals surface area contributed by atoms with Crippen LogP contribution in [-0.4, -0.2) is 20.1 Å². The van der Waals surface area contributed by atoms with Crippen LogP contribution in [0.4, 0.5) is 17.6 Å². The van der Waals surface area contributed by atoms with Crippen LogP contribution in [0.3, 0.4) is 0 Å². The number of hydrogen-bond acceptors (Lipinski definition) is 6. The molecule has 0 amide bonds. The molecular formula is C15H13N5O. The molecule has 1 aromatic heterocycles. The Morgan fingerprint density at radius 1 is 0.857 bits per heavy atom. The van der Waals surface area contributed by atoms with Crippen LogP contribution in [0, 0.1) is 0 Å². The number of aromatic hydroxyl groups is 1. The third-order valence-corrected chi connectivity index (χ3v) is 2.81. The van der Waals surface area contributed by atoms with Gasteiger partial charge in [-0.15, -0.1) is 0 Å². The molecule has 0 fully saturated rings. The normalized spacial score (nSPS) is 10.3. The first kappa shape index (κ1) is 12.9. The number of hydrogen-bond donors (Lipinski definition) is 3. The van der Waals surface area contributed by atoms with Gasteiger partial charge in [0.1, 0.15) is 5.75 Å². The molecular weight excluding hydrogens is 266 g/mol. The van der Waals surface area contributed by atoms with Crippen molar-refractivity contribution < 1.29 is 5.11 Å². The van der Waals surface area contributed by atoms with E-state index in [0.29, 0.717) is 11.8 Å². The Morgan fingerprint density at radius 3 is 2.29 bits per heavy atom. The molecule has 0 saturated heterocycles. The predicted molar refractivity (Wildman–Crippen MR) is 81.1 cm³/mol. The Bertz CT molecular complexity index is 744. The standard InChI is InChI=1S/C15H13N5O/c16-14-18-13(10-4-2-1-3-5-10)19-15(20-14)17-11-6-8-12(21)9-7-11/h1-9,21H,(H3,16,17,18,19,20). The van der Waals surface area contributed by atoms with Crippen LogP contribution < -0.4 is 11.1 Å². The maximum Gasteiger partial charge on any atom is 0.232 e. The Hall–Kier alpha value is -3.15. The predicted octanol–water partition coefficient (Wildman–Crippen LogP) is 2.57. The fourth-order valence-corrected chi connectivity index (χ4v) is 1.84. The van der Waals surface area contributed by atoms with E-state index in [9.17, 15) is 5.11 Å².